The number of methoxy groups -OCH3 is 1. The predicted octanol–water partition coefficient (Wildman–Crippen LogP) is 5.60. The average Bonchev–Trinajstić information content (AvgIpc) is 3.70. The number of benzene rings is 3. The molecule has 8 nitrogen and oxygen atoms in total. The van der Waals surface area contributed by atoms with Crippen molar-refractivity contribution in [2.45, 2.75) is 6.92 Å². The van der Waals surface area contributed by atoms with Gasteiger partial charge in [0.15, 0.2) is 5.82 Å². The van der Waals surface area contributed by atoms with Crippen LogP contribution in [0.25, 0.3) is 40.1 Å². The zero-order valence-electron chi connectivity index (χ0n) is 23.1. The Bertz CT molecular complexity index is 2020. The van der Waals surface area contributed by atoms with Crippen molar-refractivity contribution in [1.82, 2.24) is 24.4 Å². The van der Waals surface area contributed by atoms with Gasteiger partial charge in [0.1, 0.15) is 23.8 Å². The number of thiazole rings is 1. The van der Waals surface area contributed by atoms with Crippen molar-refractivity contribution in [3.63, 3.8) is 0 Å². The number of para-hydroxylation sites is 1. The monoisotopic (exact) mass is 573 g/mol. The van der Waals surface area contributed by atoms with Gasteiger partial charge in [-0.3, -0.25) is 4.79 Å². The van der Waals surface area contributed by atoms with Crippen LogP contribution in [0.1, 0.15) is 22.5 Å². The summed E-state index contributed by atoms with van der Waals surface area (Å²) in [7, 11) is 1.65. The Morgan fingerprint density at radius 3 is 2.48 bits per heavy atom. The van der Waals surface area contributed by atoms with Gasteiger partial charge in [0.05, 0.1) is 17.3 Å². The van der Waals surface area contributed by atoms with Crippen molar-refractivity contribution in [2.24, 2.45) is 0 Å². The minimum atomic E-state index is -0.226. The second-order valence-corrected chi connectivity index (χ2v) is 10.5. The average molecular weight is 574 g/mol. The molecule has 0 aliphatic carbocycles. The maximum absolute atomic E-state index is 13.4. The van der Waals surface area contributed by atoms with E-state index in [9.17, 15) is 4.79 Å². The number of hydrogen-bond donors (Lipinski definition) is 0. The number of fused-ring (bicyclic) bond motifs is 1. The van der Waals surface area contributed by atoms with Gasteiger partial charge in [-0.1, -0.05) is 60.4 Å². The molecule has 42 heavy (non-hydrogen) atoms. The van der Waals surface area contributed by atoms with Crippen molar-refractivity contribution >= 4 is 34.5 Å². The molecule has 0 N–H and O–H groups in total. The highest BCUT2D eigenvalue weighted by Crippen LogP contribution is 2.30. The number of hydrogen-bond acceptors (Lipinski definition) is 7. The van der Waals surface area contributed by atoms with E-state index >= 15 is 0 Å². The van der Waals surface area contributed by atoms with Gasteiger partial charge in [-0.2, -0.15) is 14.6 Å². The van der Waals surface area contributed by atoms with E-state index in [1.54, 1.807) is 19.3 Å². The number of aromatic nitrogens is 5. The van der Waals surface area contributed by atoms with Crippen LogP contribution in [0.15, 0.2) is 96.4 Å². The predicted molar refractivity (Wildman–Crippen MR) is 167 cm³/mol. The Labute approximate surface area is 246 Å². The van der Waals surface area contributed by atoms with Crippen molar-refractivity contribution in [1.29, 1.82) is 0 Å². The van der Waals surface area contributed by atoms with Crippen molar-refractivity contribution < 1.29 is 9.47 Å². The molecule has 0 atom stereocenters. The summed E-state index contributed by atoms with van der Waals surface area (Å²) < 4.78 is 14.6. The lowest BCUT2D eigenvalue weighted by atomic mass is 10.0. The van der Waals surface area contributed by atoms with Crippen LogP contribution in [0.2, 0.25) is 0 Å². The molecule has 0 bridgehead atoms. The lowest BCUT2D eigenvalue weighted by Crippen LogP contribution is -2.23. The first-order valence-corrected chi connectivity index (χ1v) is 14.1. The first kappa shape index (κ1) is 26.9. The van der Waals surface area contributed by atoms with Gasteiger partial charge >= 0.3 is 0 Å². The highest BCUT2D eigenvalue weighted by Gasteiger charge is 2.15. The van der Waals surface area contributed by atoms with Crippen molar-refractivity contribution in [2.75, 3.05) is 13.7 Å². The molecule has 3 heterocycles. The maximum Gasteiger partial charge on any atom is 0.291 e. The third-order valence-corrected chi connectivity index (χ3v) is 7.57. The summed E-state index contributed by atoms with van der Waals surface area (Å²) in [5, 5.41) is 9.35. The number of nitrogens with zero attached hydrogens (tertiary/aromatic N) is 5. The molecule has 6 aromatic rings. The molecule has 0 radical (unpaired) electrons. The Kier molecular flexibility index (Phi) is 7.49. The van der Waals surface area contributed by atoms with Crippen LogP contribution < -0.4 is 19.6 Å². The Morgan fingerprint density at radius 2 is 1.76 bits per heavy atom. The second kappa shape index (κ2) is 11.7. The fourth-order valence-electron chi connectivity index (χ4n) is 4.51. The van der Waals surface area contributed by atoms with Crippen LogP contribution in [-0.4, -0.2) is 38.1 Å². The topological polar surface area (TPSA) is 83.5 Å². The van der Waals surface area contributed by atoms with E-state index in [0.717, 1.165) is 45.1 Å². The van der Waals surface area contributed by atoms with E-state index in [1.807, 2.05) is 103 Å². The molecular weight excluding hydrogens is 546 g/mol. The van der Waals surface area contributed by atoms with Crippen molar-refractivity contribution in [3.05, 3.63) is 129 Å². The Balaban J connectivity index is 1.35. The van der Waals surface area contributed by atoms with Gasteiger partial charge in [-0.05, 0) is 72.7 Å². The highest BCUT2D eigenvalue weighted by atomic mass is 32.1. The van der Waals surface area contributed by atoms with Crippen LogP contribution >= 0.6 is 11.3 Å². The normalized spacial score (nSPS) is 11.9. The van der Waals surface area contributed by atoms with E-state index < -0.39 is 0 Å². The quantitative estimate of drug-likeness (QED) is 0.209. The van der Waals surface area contributed by atoms with Crippen LogP contribution in [0.3, 0.4) is 0 Å². The van der Waals surface area contributed by atoms with Crippen LogP contribution in [0.5, 0.6) is 11.5 Å². The summed E-state index contributed by atoms with van der Waals surface area (Å²) in [6.07, 6.45) is 9.19. The first-order chi connectivity index (χ1) is 20.5. The minimum Gasteiger partial charge on any atom is -0.497 e. The largest absolute Gasteiger partial charge is 0.497 e. The van der Waals surface area contributed by atoms with E-state index in [4.69, 9.17) is 14.6 Å². The molecule has 3 aromatic carbocycles. The number of ether oxygens (including phenoxy) is 2. The van der Waals surface area contributed by atoms with Gasteiger partial charge in [-0.15, -0.1) is 5.10 Å². The second-order valence-electron chi connectivity index (χ2n) is 9.48. The molecule has 0 fully saturated rings. The smallest absolute Gasteiger partial charge is 0.291 e. The zero-order valence-corrected chi connectivity index (χ0v) is 23.9. The molecule has 9 heteroatoms. The Hall–Kier alpha value is -5.28. The third-order valence-electron chi connectivity index (χ3n) is 6.61. The SMILES string of the molecule is C=CCOc1ccc(/C=C/c2nc3s/c(=C\c4cn(-c5ccccc5)nc4-c4ccc(OC)cc4C)c(=O)n3n2)cc1. The molecule has 0 spiro atoms. The lowest BCUT2D eigenvalue weighted by Gasteiger charge is -2.07. The Morgan fingerprint density at radius 1 is 0.976 bits per heavy atom. The molecule has 0 saturated carbocycles. The van der Waals surface area contributed by atoms with Gasteiger partial charge in [0.2, 0.25) is 4.96 Å². The van der Waals surface area contributed by atoms with Gasteiger partial charge in [0.25, 0.3) is 5.56 Å². The van der Waals surface area contributed by atoms with Crippen molar-refractivity contribution in [3.8, 4) is 28.4 Å². The van der Waals surface area contributed by atoms with Gasteiger partial charge in [0, 0.05) is 17.3 Å². The highest BCUT2D eigenvalue weighted by molar-refractivity contribution is 7.15. The minimum absolute atomic E-state index is 0.226. The molecular formula is C33H27N5O3S. The van der Waals surface area contributed by atoms with Crippen LogP contribution in [-0.2, 0) is 0 Å². The maximum atomic E-state index is 13.4. The summed E-state index contributed by atoms with van der Waals surface area (Å²) >= 11 is 1.30. The molecule has 0 saturated heterocycles. The third kappa shape index (κ3) is 5.50. The summed E-state index contributed by atoms with van der Waals surface area (Å²) in [6, 6.07) is 23.4. The summed E-state index contributed by atoms with van der Waals surface area (Å²) in [5.74, 6) is 2.01. The number of aryl methyl sites for hydroxylation is 1. The lowest BCUT2D eigenvalue weighted by molar-refractivity contribution is 0.363. The van der Waals surface area contributed by atoms with E-state index in [1.165, 1.54) is 15.9 Å². The fourth-order valence-corrected chi connectivity index (χ4v) is 5.41. The standard InChI is InChI=1S/C33H27N5O3S/c1-4-18-41-26-13-10-23(11-14-26)12-17-30-34-33-38(35-30)32(39)29(42-33)20-24-21-37(25-8-6-5-7-9-25)36-31(24)28-16-15-27(40-3)19-22(28)2/h4-17,19-21H,1,18H2,2-3H3/b17-12+,29-20-. The van der Waals surface area contributed by atoms with E-state index in [2.05, 4.69) is 16.7 Å². The molecule has 6 rings (SSSR count). The molecule has 0 aliphatic heterocycles. The van der Waals surface area contributed by atoms with E-state index in [0.29, 0.717) is 21.9 Å². The molecule has 0 unspecified atom stereocenters. The van der Waals surface area contributed by atoms with Gasteiger partial charge in [-0.25, -0.2) is 4.68 Å². The summed E-state index contributed by atoms with van der Waals surface area (Å²) in [6.45, 7) is 6.13. The number of rotatable bonds is 9. The summed E-state index contributed by atoms with van der Waals surface area (Å²) in [5.41, 5.74) is 5.21. The van der Waals surface area contributed by atoms with E-state index in [-0.39, 0.29) is 5.56 Å². The molecule has 0 aliphatic rings. The molecule has 0 amide bonds. The van der Waals surface area contributed by atoms with Crippen LogP contribution in [0.4, 0.5) is 0 Å². The molecule has 208 valence electrons. The van der Waals surface area contributed by atoms with Gasteiger partial charge < -0.3 is 9.47 Å². The molecule has 3 aromatic heterocycles. The zero-order chi connectivity index (χ0) is 29.1. The van der Waals surface area contributed by atoms with Crippen LogP contribution in [0, 0.1) is 6.92 Å². The summed E-state index contributed by atoms with van der Waals surface area (Å²) in [4.78, 5) is 18.5. The first-order valence-electron chi connectivity index (χ1n) is 13.3. The fraction of sp³-hybridized carbons (Fsp3) is 0.0909.